The van der Waals surface area contributed by atoms with Gasteiger partial charge in [-0.15, -0.1) is 0 Å². The molecule has 0 fully saturated rings. The number of esters is 1. The van der Waals surface area contributed by atoms with E-state index in [1.807, 2.05) is 0 Å². The number of alkyl halides is 3. The fourth-order valence-corrected chi connectivity index (χ4v) is 2.33. The standard InChI is InChI=1S/C18H19F3N2O4/c1-4-26-17(25)14-9-12(10-23(14)3)22-16(24)11(2)27-15-8-6-5-7-13(15)18(19,20)21/h5-11H,4H2,1-3H3,(H,22,24)/t11-/m1/s1. The van der Waals surface area contributed by atoms with Crippen LogP contribution in [0.15, 0.2) is 36.5 Å². The summed E-state index contributed by atoms with van der Waals surface area (Å²) in [4.78, 5) is 24.0. The fourth-order valence-electron chi connectivity index (χ4n) is 2.33. The summed E-state index contributed by atoms with van der Waals surface area (Å²) in [6.07, 6.45) is -4.30. The Morgan fingerprint density at radius 3 is 2.56 bits per heavy atom. The maximum Gasteiger partial charge on any atom is 0.419 e. The smallest absolute Gasteiger partial charge is 0.419 e. The third-order valence-electron chi connectivity index (χ3n) is 3.62. The molecule has 0 aliphatic heterocycles. The number of hydrogen-bond acceptors (Lipinski definition) is 4. The zero-order valence-corrected chi connectivity index (χ0v) is 15.0. The summed E-state index contributed by atoms with van der Waals surface area (Å²) in [6.45, 7) is 3.20. The normalized spacial score (nSPS) is 12.4. The van der Waals surface area contributed by atoms with Gasteiger partial charge in [-0.2, -0.15) is 13.2 Å². The van der Waals surface area contributed by atoms with Crippen molar-refractivity contribution < 1.29 is 32.2 Å². The predicted molar refractivity (Wildman–Crippen MR) is 91.5 cm³/mol. The monoisotopic (exact) mass is 384 g/mol. The number of ether oxygens (including phenoxy) is 2. The van der Waals surface area contributed by atoms with E-state index in [1.165, 1.54) is 35.9 Å². The number of para-hydroxylation sites is 1. The summed E-state index contributed by atoms with van der Waals surface area (Å²) in [6, 6.07) is 6.06. The molecule has 0 aliphatic rings. The topological polar surface area (TPSA) is 69.6 Å². The quantitative estimate of drug-likeness (QED) is 0.773. The van der Waals surface area contributed by atoms with Gasteiger partial charge < -0.3 is 19.4 Å². The van der Waals surface area contributed by atoms with Gasteiger partial charge in [-0.25, -0.2) is 4.79 Å². The number of rotatable bonds is 6. The van der Waals surface area contributed by atoms with Crippen LogP contribution in [-0.4, -0.2) is 29.2 Å². The first-order valence-corrected chi connectivity index (χ1v) is 8.10. The molecule has 0 radical (unpaired) electrons. The van der Waals surface area contributed by atoms with E-state index < -0.39 is 35.5 Å². The molecule has 0 saturated carbocycles. The molecule has 1 amide bonds. The second-order valence-electron chi connectivity index (χ2n) is 5.69. The van der Waals surface area contributed by atoms with E-state index in [9.17, 15) is 22.8 Å². The van der Waals surface area contributed by atoms with E-state index in [1.54, 1.807) is 14.0 Å². The van der Waals surface area contributed by atoms with Crippen molar-refractivity contribution in [1.82, 2.24) is 4.57 Å². The van der Waals surface area contributed by atoms with Crippen molar-refractivity contribution >= 4 is 17.6 Å². The Hall–Kier alpha value is -2.97. The van der Waals surface area contributed by atoms with Crippen LogP contribution in [-0.2, 0) is 22.8 Å². The largest absolute Gasteiger partial charge is 0.480 e. The molecule has 1 heterocycles. The van der Waals surface area contributed by atoms with Gasteiger partial charge >= 0.3 is 12.1 Å². The lowest BCUT2D eigenvalue weighted by Crippen LogP contribution is -2.30. The van der Waals surface area contributed by atoms with Crippen LogP contribution in [0.25, 0.3) is 0 Å². The molecular formula is C18H19F3N2O4. The summed E-state index contributed by atoms with van der Waals surface area (Å²) >= 11 is 0. The Labute approximate surface area is 153 Å². The number of benzene rings is 1. The van der Waals surface area contributed by atoms with E-state index in [0.29, 0.717) is 5.69 Å². The molecule has 1 aromatic carbocycles. The van der Waals surface area contributed by atoms with E-state index in [4.69, 9.17) is 9.47 Å². The minimum Gasteiger partial charge on any atom is -0.480 e. The van der Waals surface area contributed by atoms with Crippen molar-refractivity contribution in [2.75, 3.05) is 11.9 Å². The van der Waals surface area contributed by atoms with Crippen LogP contribution < -0.4 is 10.1 Å². The Bertz CT molecular complexity index is 830. The minimum absolute atomic E-state index is 0.204. The average Bonchev–Trinajstić information content (AvgIpc) is 2.95. The lowest BCUT2D eigenvalue weighted by molar-refractivity contribution is -0.140. The van der Waals surface area contributed by atoms with Crippen LogP contribution in [0.2, 0.25) is 0 Å². The van der Waals surface area contributed by atoms with Crippen LogP contribution in [0.4, 0.5) is 18.9 Å². The highest BCUT2D eigenvalue weighted by Gasteiger charge is 2.34. The van der Waals surface area contributed by atoms with Crippen LogP contribution >= 0.6 is 0 Å². The number of halogens is 3. The van der Waals surface area contributed by atoms with Crippen molar-refractivity contribution in [3.63, 3.8) is 0 Å². The molecule has 1 aromatic heterocycles. The Balaban J connectivity index is 2.09. The zero-order chi connectivity index (χ0) is 20.2. The number of aromatic nitrogens is 1. The maximum absolute atomic E-state index is 13.0. The summed E-state index contributed by atoms with van der Waals surface area (Å²) in [5.74, 6) is -1.65. The highest BCUT2D eigenvalue weighted by atomic mass is 19.4. The molecule has 1 atom stereocenters. The van der Waals surface area contributed by atoms with Crippen LogP contribution in [0, 0.1) is 0 Å². The predicted octanol–water partition coefficient (Wildman–Crippen LogP) is 3.63. The van der Waals surface area contributed by atoms with Gasteiger partial charge in [0.15, 0.2) is 6.10 Å². The van der Waals surface area contributed by atoms with Crippen molar-refractivity contribution in [3.05, 3.63) is 47.8 Å². The maximum atomic E-state index is 13.0. The molecule has 27 heavy (non-hydrogen) atoms. The van der Waals surface area contributed by atoms with Crippen molar-refractivity contribution in [1.29, 1.82) is 0 Å². The fraction of sp³-hybridized carbons (Fsp3) is 0.333. The summed E-state index contributed by atoms with van der Waals surface area (Å²) in [5, 5.41) is 2.50. The lowest BCUT2D eigenvalue weighted by Gasteiger charge is -2.18. The van der Waals surface area contributed by atoms with Gasteiger partial charge in [-0.05, 0) is 32.0 Å². The second-order valence-corrected chi connectivity index (χ2v) is 5.69. The summed E-state index contributed by atoms with van der Waals surface area (Å²) in [7, 11) is 1.60. The van der Waals surface area contributed by atoms with Crippen molar-refractivity contribution in [2.24, 2.45) is 7.05 Å². The Morgan fingerprint density at radius 2 is 1.93 bits per heavy atom. The number of carbonyl (C=O) groups is 2. The molecule has 0 aliphatic carbocycles. The molecule has 0 spiro atoms. The highest BCUT2D eigenvalue weighted by molar-refractivity contribution is 5.96. The van der Waals surface area contributed by atoms with E-state index in [2.05, 4.69) is 5.32 Å². The Morgan fingerprint density at radius 1 is 1.26 bits per heavy atom. The number of nitrogens with one attached hydrogen (secondary N) is 1. The summed E-state index contributed by atoms with van der Waals surface area (Å²) in [5.41, 5.74) is -0.442. The van der Waals surface area contributed by atoms with Crippen LogP contribution in [0.1, 0.15) is 29.9 Å². The molecule has 1 N–H and O–H groups in total. The first-order chi connectivity index (χ1) is 12.6. The van der Waals surface area contributed by atoms with Gasteiger partial charge in [0, 0.05) is 13.2 Å². The number of anilines is 1. The van der Waals surface area contributed by atoms with Gasteiger partial charge in [0.2, 0.25) is 0 Å². The van der Waals surface area contributed by atoms with E-state index in [0.717, 1.165) is 12.1 Å². The number of nitrogens with zero attached hydrogens (tertiary/aromatic N) is 1. The van der Waals surface area contributed by atoms with Crippen LogP contribution in [0.5, 0.6) is 5.75 Å². The number of hydrogen-bond donors (Lipinski definition) is 1. The molecule has 2 rings (SSSR count). The molecule has 0 bridgehead atoms. The summed E-state index contributed by atoms with van der Waals surface area (Å²) < 4.78 is 50.6. The number of aryl methyl sites for hydroxylation is 1. The number of amides is 1. The second kappa shape index (κ2) is 8.15. The molecule has 2 aromatic rings. The number of carbonyl (C=O) groups excluding carboxylic acids is 2. The molecule has 0 saturated heterocycles. The molecular weight excluding hydrogens is 365 g/mol. The third-order valence-corrected chi connectivity index (χ3v) is 3.62. The molecule has 9 heteroatoms. The molecule has 0 unspecified atom stereocenters. The first kappa shape index (κ1) is 20.3. The zero-order valence-electron chi connectivity index (χ0n) is 15.0. The highest BCUT2D eigenvalue weighted by Crippen LogP contribution is 2.36. The van der Waals surface area contributed by atoms with Crippen molar-refractivity contribution in [2.45, 2.75) is 26.1 Å². The van der Waals surface area contributed by atoms with Gasteiger partial charge in [-0.1, -0.05) is 12.1 Å². The lowest BCUT2D eigenvalue weighted by atomic mass is 10.2. The molecule has 146 valence electrons. The van der Waals surface area contributed by atoms with Crippen LogP contribution in [0.3, 0.4) is 0 Å². The first-order valence-electron chi connectivity index (χ1n) is 8.10. The SMILES string of the molecule is CCOC(=O)c1cc(NC(=O)[C@@H](C)Oc2ccccc2C(F)(F)F)cn1C. The van der Waals surface area contributed by atoms with E-state index in [-0.39, 0.29) is 12.3 Å². The molecule has 6 nitrogen and oxygen atoms in total. The minimum atomic E-state index is -4.60. The van der Waals surface area contributed by atoms with E-state index >= 15 is 0 Å². The van der Waals surface area contributed by atoms with Gasteiger partial charge in [0.1, 0.15) is 11.4 Å². The Kier molecular flexibility index (Phi) is 6.14. The van der Waals surface area contributed by atoms with Crippen molar-refractivity contribution in [3.8, 4) is 5.75 Å². The van der Waals surface area contributed by atoms with Gasteiger partial charge in [0.25, 0.3) is 5.91 Å². The average molecular weight is 384 g/mol. The van der Waals surface area contributed by atoms with Gasteiger partial charge in [0.05, 0.1) is 17.9 Å². The third kappa shape index (κ3) is 5.02. The van der Waals surface area contributed by atoms with Gasteiger partial charge in [-0.3, -0.25) is 4.79 Å².